The van der Waals surface area contributed by atoms with Gasteiger partial charge in [-0.2, -0.15) is 0 Å². The van der Waals surface area contributed by atoms with Crippen LogP contribution in [0.15, 0.2) is 0 Å². The van der Waals surface area contributed by atoms with Gasteiger partial charge in [0.1, 0.15) is 6.61 Å². The van der Waals surface area contributed by atoms with E-state index in [4.69, 9.17) is 4.74 Å². The zero-order valence-corrected chi connectivity index (χ0v) is 8.56. The van der Waals surface area contributed by atoms with E-state index in [2.05, 4.69) is 12.2 Å². The molecule has 1 aliphatic heterocycles. The second-order valence-corrected chi connectivity index (χ2v) is 3.87. The predicted molar refractivity (Wildman–Crippen MR) is 51.7 cm³/mol. The van der Waals surface area contributed by atoms with Crippen molar-refractivity contribution < 1.29 is 9.53 Å². The third-order valence-electron chi connectivity index (χ3n) is 2.82. The van der Waals surface area contributed by atoms with Crippen LogP contribution in [0.5, 0.6) is 0 Å². The summed E-state index contributed by atoms with van der Waals surface area (Å²) in [4.78, 5) is 11.7. The van der Waals surface area contributed by atoms with Crippen molar-refractivity contribution in [3.63, 3.8) is 0 Å². The number of nitrogens with one attached hydrogen (secondary N) is 1. The lowest BCUT2D eigenvalue weighted by Crippen LogP contribution is -2.41. The van der Waals surface area contributed by atoms with Crippen molar-refractivity contribution in [2.75, 3.05) is 26.3 Å². The Bertz CT molecular complexity index is 174. The number of hydrogen-bond acceptors (Lipinski definition) is 3. The molecule has 0 amide bonds. The van der Waals surface area contributed by atoms with E-state index >= 15 is 0 Å². The van der Waals surface area contributed by atoms with E-state index in [0.29, 0.717) is 6.61 Å². The molecule has 0 spiro atoms. The van der Waals surface area contributed by atoms with E-state index in [1.807, 2.05) is 6.92 Å². The van der Waals surface area contributed by atoms with Crippen LogP contribution in [0.1, 0.15) is 26.7 Å². The molecule has 3 heteroatoms. The Kier molecular flexibility index (Phi) is 3.88. The van der Waals surface area contributed by atoms with Crippen molar-refractivity contribution in [2.24, 2.45) is 5.41 Å². The molecule has 1 rings (SSSR count). The smallest absolute Gasteiger partial charge is 0.164 e. The second kappa shape index (κ2) is 4.72. The number of carbonyl (C=O) groups is 1. The van der Waals surface area contributed by atoms with E-state index in [1.54, 1.807) is 0 Å². The third-order valence-corrected chi connectivity index (χ3v) is 2.82. The van der Waals surface area contributed by atoms with E-state index < -0.39 is 0 Å². The summed E-state index contributed by atoms with van der Waals surface area (Å²) in [6.07, 6.45) is 1.89. The SMILES string of the molecule is CCOCC(=O)C1(C)CCNCC1. The quantitative estimate of drug-likeness (QED) is 0.709. The molecule has 1 fully saturated rings. The molecule has 3 nitrogen and oxygen atoms in total. The lowest BCUT2D eigenvalue weighted by atomic mass is 9.77. The van der Waals surface area contributed by atoms with Crippen molar-refractivity contribution in [1.82, 2.24) is 5.32 Å². The van der Waals surface area contributed by atoms with E-state index in [9.17, 15) is 4.79 Å². The van der Waals surface area contributed by atoms with Gasteiger partial charge in [0.15, 0.2) is 5.78 Å². The molecule has 1 saturated heterocycles. The van der Waals surface area contributed by atoms with Crippen LogP contribution < -0.4 is 5.32 Å². The van der Waals surface area contributed by atoms with Gasteiger partial charge >= 0.3 is 0 Å². The number of ketones is 1. The van der Waals surface area contributed by atoms with Gasteiger partial charge in [-0.1, -0.05) is 6.92 Å². The zero-order valence-electron chi connectivity index (χ0n) is 8.56. The topological polar surface area (TPSA) is 38.3 Å². The molecule has 0 bridgehead atoms. The fourth-order valence-electron chi connectivity index (χ4n) is 1.63. The van der Waals surface area contributed by atoms with Gasteiger partial charge in [-0.15, -0.1) is 0 Å². The second-order valence-electron chi connectivity index (χ2n) is 3.87. The van der Waals surface area contributed by atoms with Gasteiger partial charge in [0, 0.05) is 12.0 Å². The molecule has 0 atom stereocenters. The first kappa shape index (κ1) is 10.7. The third kappa shape index (κ3) is 2.78. The number of ether oxygens (including phenoxy) is 1. The highest BCUT2D eigenvalue weighted by Gasteiger charge is 2.33. The highest BCUT2D eigenvalue weighted by molar-refractivity contribution is 5.85. The number of hydrogen-bond donors (Lipinski definition) is 1. The van der Waals surface area contributed by atoms with Crippen molar-refractivity contribution in [3.05, 3.63) is 0 Å². The molecule has 0 aromatic rings. The Morgan fingerprint density at radius 2 is 2.08 bits per heavy atom. The van der Waals surface area contributed by atoms with Gasteiger partial charge < -0.3 is 10.1 Å². The van der Waals surface area contributed by atoms with E-state index in [1.165, 1.54) is 0 Å². The summed E-state index contributed by atoms with van der Waals surface area (Å²) in [6, 6.07) is 0. The first-order chi connectivity index (χ1) is 6.19. The number of Topliss-reactive ketones (excluding diaryl/α,β-unsaturated/α-hetero) is 1. The molecule has 13 heavy (non-hydrogen) atoms. The summed E-state index contributed by atoms with van der Waals surface area (Å²) < 4.78 is 5.14. The van der Waals surface area contributed by atoms with Crippen LogP contribution in [0.4, 0.5) is 0 Å². The molecule has 0 aliphatic carbocycles. The molecule has 0 aromatic carbocycles. The average molecular weight is 185 g/mol. The van der Waals surface area contributed by atoms with Gasteiger partial charge in [-0.05, 0) is 32.9 Å². The molecule has 1 N–H and O–H groups in total. The van der Waals surface area contributed by atoms with E-state index in [0.717, 1.165) is 25.9 Å². The highest BCUT2D eigenvalue weighted by atomic mass is 16.5. The first-order valence-corrected chi connectivity index (χ1v) is 5.01. The molecular formula is C10H19NO2. The van der Waals surface area contributed by atoms with Crippen LogP contribution in [0.3, 0.4) is 0 Å². The fraction of sp³-hybridized carbons (Fsp3) is 0.900. The molecule has 0 aromatic heterocycles. The minimum atomic E-state index is -0.138. The summed E-state index contributed by atoms with van der Waals surface area (Å²) in [6.45, 7) is 6.78. The maximum Gasteiger partial charge on any atom is 0.164 e. The number of rotatable bonds is 4. The van der Waals surface area contributed by atoms with Crippen LogP contribution in [0.2, 0.25) is 0 Å². The monoisotopic (exact) mass is 185 g/mol. The van der Waals surface area contributed by atoms with Crippen LogP contribution in [-0.4, -0.2) is 32.1 Å². The maximum absolute atomic E-state index is 11.7. The largest absolute Gasteiger partial charge is 0.374 e. The van der Waals surface area contributed by atoms with Gasteiger partial charge in [-0.3, -0.25) is 4.79 Å². The van der Waals surface area contributed by atoms with Crippen molar-refractivity contribution >= 4 is 5.78 Å². The summed E-state index contributed by atoms with van der Waals surface area (Å²) in [5.41, 5.74) is -0.138. The predicted octanol–water partition coefficient (Wildman–Crippen LogP) is 0.982. The summed E-state index contributed by atoms with van der Waals surface area (Å²) in [5.74, 6) is 0.260. The molecule has 0 saturated carbocycles. The van der Waals surface area contributed by atoms with Crippen LogP contribution in [-0.2, 0) is 9.53 Å². The number of carbonyl (C=O) groups excluding carboxylic acids is 1. The molecule has 1 heterocycles. The van der Waals surface area contributed by atoms with Crippen LogP contribution in [0, 0.1) is 5.41 Å². The maximum atomic E-state index is 11.7. The Labute approximate surface area is 79.8 Å². The Balaban J connectivity index is 2.42. The Hall–Kier alpha value is -0.410. The normalized spacial score (nSPS) is 21.4. The molecule has 1 aliphatic rings. The van der Waals surface area contributed by atoms with Crippen LogP contribution >= 0.6 is 0 Å². The van der Waals surface area contributed by atoms with Gasteiger partial charge in [0.2, 0.25) is 0 Å². The highest BCUT2D eigenvalue weighted by Crippen LogP contribution is 2.28. The van der Waals surface area contributed by atoms with Gasteiger partial charge in [-0.25, -0.2) is 0 Å². The lowest BCUT2D eigenvalue weighted by molar-refractivity contribution is -0.133. The van der Waals surface area contributed by atoms with Crippen LogP contribution in [0.25, 0.3) is 0 Å². The molecule has 0 radical (unpaired) electrons. The van der Waals surface area contributed by atoms with Gasteiger partial charge in [0.25, 0.3) is 0 Å². The first-order valence-electron chi connectivity index (χ1n) is 5.01. The van der Waals surface area contributed by atoms with Crippen molar-refractivity contribution in [3.8, 4) is 0 Å². The minimum Gasteiger partial charge on any atom is -0.374 e. The van der Waals surface area contributed by atoms with Gasteiger partial charge in [0.05, 0.1) is 0 Å². The molecule has 0 unspecified atom stereocenters. The lowest BCUT2D eigenvalue weighted by Gasteiger charge is -2.32. The molecular weight excluding hydrogens is 166 g/mol. The molecule has 76 valence electrons. The van der Waals surface area contributed by atoms with E-state index in [-0.39, 0.29) is 17.8 Å². The van der Waals surface area contributed by atoms with Crippen molar-refractivity contribution in [1.29, 1.82) is 0 Å². The van der Waals surface area contributed by atoms with Crippen molar-refractivity contribution in [2.45, 2.75) is 26.7 Å². The minimum absolute atomic E-state index is 0.138. The number of piperidine rings is 1. The average Bonchev–Trinajstić information content (AvgIpc) is 2.15. The Morgan fingerprint density at radius 3 is 2.62 bits per heavy atom. The summed E-state index contributed by atoms with van der Waals surface area (Å²) in [5, 5.41) is 3.26. The fourth-order valence-corrected chi connectivity index (χ4v) is 1.63. The summed E-state index contributed by atoms with van der Waals surface area (Å²) >= 11 is 0. The zero-order chi connectivity index (χ0) is 9.73. The standard InChI is InChI=1S/C10H19NO2/c1-3-13-8-9(12)10(2)4-6-11-7-5-10/h11H,3-8H2,1-2H3. The summed E-state index contributed by atoms with van der Waals surface area (Å²) in [7, 11) is 0. The Morgan fingerprint density at radius 1 is 1.46 bits per heavy atom.